The summed E-state index contributed by atoms with van der Waals surface area (Å²) in [5.74, 6) is 0.108. The lowest BCUT2D eigenvalue weighted by molar-refractivity contribution is -0.126. The minimum Gasteiger partial charge on any atom is -0.378 e. The fourth-order valence-electron chi connectivity index (χ4n) is 3.23. The number of benzene rings is 1. The van der Waals surface area contributed by atoms with Crippen LogP contribution in [0.15, 0.2) is 24.3 Å². The van der Waals surface area contributed by atoms with Crippen molar-refractivity contribution in [2.45, 2.75) is 38.4 Å². The van der Waals surface area contributed by atoms with E-state index in [-0.39, 0.29) is 18.0 Å². The molecule has 1 saturated heterocycles. The summed E-state index contributed by atoms with van der Waals surface area (Å²) in [6.45, 7) is 5.21. The number of carbonyl (C=O) groups excluding carboxylic acids is 2. The normalized spacial score (nSPS) is 18.7. The predicted molar refractivity (Wildman–Crippen MR) is 107 cm³/mol. The van der Waals surface area contributed by atoms with Crippen LogP contribution < -0.4 is 15.5 Å². The Labute approximate surface area is 161 Å². The van der Waals surface area contributed by atoms with Gasteiger partial charge < -0.3 is 20.4 Å². The summed E-state index contributed by atoms with van der Waals surface area (Å²) in [5, 5.41) is 6.05. The summed E-state index contributed by atoms with van der Waals surface area (Å²) < 4.78 is 0. The van der Waals surface area contributed by atoms with Gasteiger partial charge in [0.25, 0.3) is 0 Å². The summed E-state index contributed by atoms with van der Waals surface area (Å²) >= 11 is 0. The maximum absolute atomic E-state index is 12.4. The van der Waals surface area contributed by atoms with Crippen molar-refractivity contribution in [1.82, 2.24) is 20.4 Å². The predicted octanol–water partition coefficient (Wildman–Crippen LogP) is 1.25. The van der Waals surface area contributed by atoms with E-state index in [1.54, 1.807) is 0 Å². The number of anilines is 1. The quantitative estimate of drug-likeness (QED) is 0.788. The molecule has 1 unspecified atom stereocenters. The summed E-state index contributed by atoms with van der Waals surface area (Å²) in [6.07, 6.45) is 2.20. The van der Waals surface area contributed by atoms with Gasteiger partial charge in [-0.2, -0.15) is 0 Å². The van der Waals surface area contributed by atoms with E-state index < -0.39 is 0 Å². The van der Waals surface area contributed by atoms with E-state index >= 15 is 0 Å². The van der Waals surface area contributed by atoms with Crippen LogP contribution in [0.3, 0.4) is 0 Å². The molecule has 0 aromatic heterocycles. The minimum absolute atomic E-state index is 0.0404. The highest BCUT2D eigenvalue weighted by Gasteiger charge is 2.30. The monoisotopic (exact) mass is 373 g/mol. The Morgan fingerprint density at radius 3 is 2.30 bits per heavy atom. The van der Waals surface area contributed by atoms with Crippen molar-refractivity contribution >= 4 is 17.6 Å². The molecular weight excluding hydrogens is 342 g/mol. The average Bonchev–Trinajstić information content (AvgIpc) is 3.50. The number of hydrogen-bond donors (Lipinski definition) is 2. The van der Waals surface area contributed by atoms with Crippen LogP contribution in [0.25, 0.3) is 0 Å². The molecule has 1 aromatic rings. The molecule has 1 aliphatic heterocycles. The van der Waals surface area contributed by atoms with E-state index in [9.17, 15) is 9.59 Å². The van der Waals surface area contributed by atoms with E-state index in [2.05, 4.69) is 15.5 Å². The third-order valence-corrected chi connectivity index (χ3v) is 5.35. The number of piperazine rings is 1. The van der Waals surface area contributed by atoms with Gasteiger partial charge in [-0.25, -0.2) is 4.79 Å². The highest BCUT2D eigenvalue weighted by molar-refractivity contribution is 5.82. The van der Waals surface area contributed by atoms with Crippen molar-refractivity contribution in [2.75, 3.05) is 45.2 Å². The van der Waals surface area contributed by atoms with Crippen molar-refractivity contribution in [2.24, 2.45) is 0 Å². The number of carbonyl (C=O) groups is 2. The molecule has 1 saturated carbocycles. The van der Waals surface area contributed by atoms with E-state index in [4.69, 9.17) is 0 Å². The van der Waals surface area contributed by atoms with Crippen LogP contribution >= 0.6 is 0 Å². The smallest absolute Gasteiger partial charge is 0.317 e. The van der Waals surface area contributed by atoms with Gasteiger partial charge in [-0.3, -0.25) is 9.69 Å². The summed E-state index contributed by atoms with van der Waals surface area (Å²) in [4.78, 5) is 30.6. The van der Waals surface area contributed by atoms with Crippen molar-refractivity contribution in [3.05, 3.63) is 29.8 Å². The lowest BCUT2D eigenvalue weighted by Gasteiger charge is -2.37. The first-order chi connectivity index (χ1) is 12.9. The Kier molecular flexibility index (Phi) is 6.21. The number of nitrogens with zero attached hydrogens (tertiary/aromatic N) is 3. The third-order valence-electron chi connectivity index (χ3n) is 5.35. The van der Waals surface area contributed by atoms with E-state index in [1.165, 1.54) is 0 Å². The van der Waals surface area contributed by atoms with Crippen LogP contribution in [0, 0.1) is 0 Å². The molecule has 2 fully saturated rings. The zero-order chi connectivity index (χ0) is 19.4. The third kappa shape index (κ3) is 5.35. The molecule has 7 heteroatoms. The average molecular weight is 374 g/mol. The number of hydrogen-bond acceptors (Lipinski definition) is 4. The minimum atomic E-state index is -0.133. The van der Waals surface area contributed by atoms with E-state index in [0.717, 1.165) is 37.2 Å². The van der Waals surface area contributed by atoms with Crippen molar-refractivity contribution in [3.63, 3.8) is 0 Å². The van der Waals surface area contributed by atoms with Gasteiger partial charge in [-0.15, -0.1) is 0 Å². The van der Waals surface area contributed by atoms with Crippen LogP contribution in [0.2, 0.25) is 0 Å². The molecule has 27 heavy (non-hydrogen) atoms. The highest BCUT2D eigenvalue weighted by Crippen LogP contribution is 2.19. The highest BCUT2D eigenvalue weighted by atomic mass is 16.2. The maximum atomic E-state index is 12.4. The first-order valence-corrected chi connectivity index (χ1v) is 9.77. The molecule has 0 bridgehead atoms. The second-order valence-corrected chi connectivity index (χ2v) is 7.70. The van der Waals surface area contributed by atoms with Gasteiger partial charge in [0.2, 0.25) is 5.91 Å². The summed E-state index contributed by atoms with van der Waals surface area (Å²) in [6, 6.07) is 8.38. The van der Waals surface area contributed by atoms with Crippen LogP contribution in [-0.4, -0.2) is 74.1 Å². The molecule has 7 nitrogen and oxygen atoms in total. The Hall–Kier alpha value is -2.28. The van der Waals surface area contributed by atoms with Gasteiger partial charge in [0, 0.05) is 58.5 Å². The largest absolute Gasteiger partial charge is 0.378 e. The molecule has 0 radical (unpaired) electrons. The van der Waals surface area contributed by atoms with Crippen LogP contribution in [0.5, 0.6) is 0 Å². The lowest BCUT2D eigenvalue weighted by Crippen LogP contribution is -2.56. The van der Waals surface area contributed by atoms with Gasteiger partial charge in [0.15, 0.2) is 0 Å². The first-order valence-electron chi connectivity index (χ1n) is 9.77. The Morgan fingerprint density at radius 1 is 1.11 bits per heavy atom. The van der Waals surface area contributed by atoms with Gasteiger partial charge in [-0.1, -0.05) is 12.1 Å². The lowest BCUT2D eigenvalue weighted by atomic mass is 10.2. The number of amides is 3. The molecule has 0 spiro atoms. The number of urea groups is 1. The fourth-order valence-corrected chi connectivity index (χ4v) is 3.23. The molecule has 1 aliphatic carbocycles. The SMILES string of the molecule is CC(C(=O)NC1CC1)N1CCN(C(=O)NCc2ccc(N(C)C)cc2)CC1. The summed E-state index contributed by atoms with van der Waals surface area (Å²) in [5.41, 5.74) is 2.22. The first kappa shape index (κ1) is 19.5. The Balaban J connectivity index is 1.40. The van der Waals surface area contributed by atoms with Crippen molar-refractivity contribution < 1.29 is 9.59 Å². The zero-order valence-corrected chi connectivity index (χ0v) is 16.6. The van der Waals surface area contributed by atoms with Gasteiger partial charge in [0.1, 0.15) is 0 Å². The van der Waals surface area contributed by atoms with E-state index in [1.807, 2.05) is 55.1 Å². The zero-order valence-electron chi connectivity index (χ0n) is 16.6. The van der Waals surface area contributed by atoms with E-state index in [0.29, 0.717) is 25.7 Å². The molecule has 2 aliphatic rings. The number of nitrogens with one attached hydrogen (secondary N) is 2. The number of rotatable bonds is 6. The van der Waals surface area contributed by atoms with Gasteiger partial charge >= 0.3 is 6.03 Å². The molecule has 1 aromatic carbocycles. The molecule has 3 rings (SSSR count). The van der Waals surface area contributed by atoms with Crippen molar-refractivity contribution in [3.8, 4) is 0 Å². The van der Waals surface area contributed by atoms with Crippen LogP contribution in [0.4, 0.5) is 10.5 Å². The molecule has 1 heterocycles. The van der Waals surface area contributed by atoms with Crippen LogP contribution in [-0.2, 0) is 11.3 Å². The molecule has 3 amide bonds. The standard InChI is InChI=1S/C20H31N5O2/c1-15(19(26)22-17-6-7-17)24-10-12-25(13-11-24)20(27)21-14-16-4-8-18(9-5-16)23(2)3/h4-5,8-9,15,17H,6-7,10-14H2,1-3H3,(H,21,27)(H,22,26). The summed E-state index contributed by atoms with van der Waals surface area (Å²) in [7, 11) is 4.01. The Morgan fingerprint density at radius 2 is 1.74 bits per heavy atom. The van der Waals surface area contributed by atoms with Crippen LogP contribution in [0.1, 0.15) is 25.3 Å². The second-order valence-electron chi connectivity index (χ2n) is 7.70. The van der Waals surface area contributed by atoms with Gasteiger partial charge in [0.05, 0.1) is 6.04 Å². The molecule has 1 atom stereocenters. The second kappa shape index (κ2) is 8.61. The molecule has 148 valence electrons. The van der Waals surface area contributed by atoms with Gasteiger partial charge in [-0.05, 0) is 37.5 Å². The molecular formula is C20H31N5O2. The fraction of sp³-hybridized carbons (Fsp3) is 0.600. The maximum Gasteiger partial charge on any atom is 0.317 e. The van der Waals surface area contributed by atoms with Crippen molar-refractivity contribution in [1.29, 1.82) is 0 Å². The Bertz CT molecular complexity index is 649. The topological polar surface area (TPSA) is 67.9 Å². The molecule has 2 N–H and O–H groups in total.